The molecule has 7 aromatic heterocycles. The predicted molar refractivity (Wildman–Crippen MR) is 555 cm³/mol. The van der Waals surface area contributed by atoms with Gasteiger partial charge in [0.05, 0.1) is 101 Å². The average Bonchev–Trinajstić information content (AvgIpc) is 1.63. The van der Waals surface area contributed by atoms with Gasteiger partial charge in [0.15, 0.2) is 6.29 Å². The van der Waals surface area contributed by atoms with Crippen LogP contribution in [0, 0.1) is 41.5 Å². The number of rotatable bonds is 14. The molecule has 0 unspecified atom stereocenters. The molecule has 15 aromatic rings. The normalized spacial score (nSPS) is 15.4. The van der Waals surface area contributed by atoms with Crippen LogP contribution in [0.25, 0.3) is 99.4 Å². The number of thiazole rings is 4. The number of nitrogens with zero attached hydrogens (tertiary/aromatic N) is 5. The maximum atomic E-state index is 13.2. The van der Waals surface area contributed by atoms with E-state index in [0.717, 1.165) is 163 Å². The molecule has 14 heterocycles. The Morgan fingerprint density at radius 3 is 1.18 bits per heavy atom. The third kappa shape index (κ3) is 22.7. The van der Waals surface area contributed by atoms with Gasteiger partial charge in [-0.1, -0.05) is 170 Å². The van der Waals surface area contributed by atoms with Crippen molar-refractivity contribution in [3.63, 3.8) is 0 Å². The summed E-state index contributed by atoms with van der Waals surface area (Å²) in [4.78, 5) is 124. The predicted octanol–water partition coefficient (Wildman–Crippen LogP) is 20.8. The van der Waals surface area contributed by atoms with Gasteiger partial charge in [-0.05, 0) is 155 Å². The van der Waals surface area contributed by atoms with Crippen LogP contribution < -0.4 is 32.0 Å². The molecule has 7 aliphatic rings. The van der Waals surface area contributed by atoms with Crippen molar-refractivity contribution < 1.29 is 67.4 Å². The number of benzene rings is 8. The van der Waals surface area contributed by atoms with E-state index in [9.17, 15) is 43.5 Å². The molecule has 8 aromatic carbocycles. The lowest BCUT2D eigenvalue weighted by Gasteiger charge is -2.32. The van der Waals surface area contributed by atoms with Gasteiger partial charge in [-0.15, -0.1) is 45.3 Å². The first kappa shape index (κ1) is 98.0. The summed E-state index contributed by atoms with van der Waals surface area (Å²) in [5, 5.41) is 45.0. The van der Waals surface area contributed by atoms with Crippen LogP contribution in [-0.4, -0.2) is 169 Å². The standard InChI is InChI=1S/C29H26N4O3S.C25H19N3O3S.C17H12N2OS.C14H18BNO3.C9H6BrNS.C8H9NO3.C4H9NO/c1-17-23(30-18(2)26(17)29(35)33-10-12-36-13-11-33)15-22-21-9-8-20(14-24(21)31-27(22)34)25-16-37-28(32-25)19-6-4-3-5-7-19;1-13-19(26-14(2)22(13)25(30)31)11-18-17-9-8-16(10-20(17)27-23(18)29)21-12-32-24(28-21)15-6-4-3-5-7-15;20-16-9-13-7-6-12(8-14(13)18-16)15-10-21-17(19-15)11-4-2-1-3-5-11;1-13(2)14(3,4)19-15(18-13)10-6-5-9-7-12(17)16-11(9)8-10;10-8-6-12-9(11-8)7-4-2-1-3-5-7;1-4-6(3-10)9-5(2)7(4)8(11)12;1-3-6-4-2-5-1/h3-9,14-16,30H,10-13H2,1-2H3,(H,31,34);3-12,26H,1-2H3,(H,27,29)(H,30,31);1-8,10H,9H2,(H,18,20);5-6,8H,7H2,1-4H3,(H,16,17);1-6H;3,9H,1-2H3,(H,11,12);5H,1-4H2/b22-15-;18-11-;;;;;. The number of halogens is 1. The number of carbonyl (C=O) groups excluding carboxylic acids is 6. The smallest absolute Gasteiger partial charge is 0.478 e. The Morgan fingerprint density at radius 2 is 0.799 bits per heavy atom. The number of amides is 5. The van der Waals surface area contributed by atoms with Crippen LogP contribution >= 0.6 is 61.3 Å². The number of aryl methyl sites for hydroxylation is 3. The Balaban J connectivity index is 0.000000124. The fourth-order valence-corrected chi connectivity index (χ4v) is 20.2. The molecule has 3 saturated heterocycles. The zero-order chi connectivity index (χ0) is 97.9. The summed E-state index contributed by atoms with van der Waals surface area (Å²) in [6.45, 7) is 24.7. The van der Waals surface area contributed by atoms with Gasteiger partial charge in [0, 0.05) is 149 Å². The molecule has 0 bridgehead atoms. The van der Waals surface area contributed by atoms with Gasteiger partial charge in [0.1, 0.15) is 24.6 Å². The summed E-state index contributed by atoms with van der Waals surface area (Å²) in [5.74, 6) is -2.27. The van der Waals surface area contributed by atoms with E-state index in [0.29, 0.717) is 102 Å². The minimum atomic E-state index is -1.01. The Kier molecular flexibility index (Phi) is 30.5. The molecule has 7 aliphatic heterocycles. The highest BCUT2D eigenvalue weighted by Gasteiger charge is 2.52. The van der Waals surface area contributed by atoms with Crippen LogP contribution in [0.15, 0.2) is 220 Å². The molecule has 5 amide bonds. The monoisotopic (exact) mass is 2000 g/mol. The summed E-state index contributed by atoms with van der Waals surface area (Å²) in [5.41, 5.74) is 25.0. The number of hydrogen-bond donors (Lipinski definition) is 10. The van der Waals surface area contributed by atoms with Crippen molar-refractivity contribution in [2.75, 3.05) is 73.9 Å². The highest BCUT2D eigenvalue weighted by molar-refractivity contribution is 9.10. The molecule has 0 atom stereocenters. The minimum absolute atomic E-state index is 0.00162. The number of fused-ring (bicyclic) bond motifs is 4. The molecular weight excluding hydrogens is 1900 g/mol. The molecule has 706 valence electrons. The van der Waals surface area contributed by atoms with Gasteiger partial charge >= 0.3 is 19.1 Å². The second-order valence-corrected chi connectivity index (χ2v) is 38.7. The molecular formula is C106H99BBrN13O14S4. The lowest BCUT2D eigenvalue weighted by molar-refractivity contribution is -0.115. The maximum Gasteiger partial charge on any atom is 0.494 e. The van der Waals surface area contributed by atoms with Crippen molar-refractivity contribution in [2.24, 2.45) is 0 Å². The third-order valence-electron chi connectivity index (χ3n) is 24.5. The number of carboxylic acid groups (broad SMARTS) is 2. The van der Waals surface area contributed by atoms with Crippen LogP contribution in [-0.2, 0) is 50.8 Å². The van der Waals surface area contributed by atoms with E-state index in [1.807, 2.05) is 239 Å². The Hall–Kier alpha value is -14.1. The van der Waals surface area contributed by atoms with Gasteiger partial charge in [-0.2, -0.15) is 0 Å². The number of aromatic carboxylic acids is 2. The Labute approximate surface area is 827 Å². The van der Waals surface area contributed by atoms with Gasteiger partial charge < -0.3 is 75.4 Å². The van der Waals surface area contributed by atoms with Crippen molar-refractivity contribution in [2.45, 2.75) is 93.3 Å². The van der Waals surface area contributed by atoms with E-state index in [2.05, 4.69) is 92.1 Å². The number of hydrogen-bond acceptors (Lipinski definition) is 21. The van der Waals surface area contributed by atoms with Crippen molar-refractivity contribution in [3.05, 3.63) is 310 Å². The average molecular weight is 2000 g/mol. The van der Waals surface area contributed by atoms with Crippen LogP contribution in [0.3, 0.4) is 0 Å². The fraction of sp³-hybridized carbons (Fsp3) is 0.208. The summed E-state index contributed by atoms with van der Waals surface area (Å²) in [6, 6.07) is 64.1. The zero-order valence-electron chi connectivity index (χ0n) is 77.7. The number of anilines is 4. The second-order valence-electron chi connectivity index (χ2n) is 34.4. The van der Waals surface area contributed by atoms with Gasteiger partial charge in [0.2, 0.25) is 11.8 Å². The largest absolute Gasteiger partial charge is 0.494 e. The fourth-order valence-electron chi connectivity index (χ4n) is 16.5. The minimum Gasteiger partial charge on any atom is -0.478 e. The molecule has 0 spiro atoms. The number of morpholine rings is 2. The molecule has 0 saturated carbocycles. The summed E-state index contributed by atoms with van der Waals surface area (Å²) < 4.78 is 23.3. The lowest BCUT2D eigenvalue weighted by atomic mass is 9.78. The van der Waals surface area contributed by atoms with Crippen molar-refractivity contribution in [1.29, 1.82) is 0 Å². The third-order valence-corrected chi connectivity index (χ3v) is 28.8. The number of carboxylic acids is 2. The van der Waals surface area contributed by atoms with Gasteiger partial charge in [-0.3, -0.25) is 28.8 Å². The van der Waals surface area contributed by atoms with Gasteiger partial charge in [0.25, 0.3) is 17.7 Å². The van der Waals surface area contributed by atoms with E-state index in [-0.39, 0.29) is 59.0 Å². The van der Waals surface area contributed by atoms with Crippen LogP contribution in [0.5, 0.6) is 0 Å². The first-order valence-electron chi connectivity index (χ1n) is 44.8. The second kappa shape index (κ2) is 43.3. The molecule has 3 fully saturated rings. The number of ether oxygens (including phenoxy) is 2. The Bertz CT molecular complexity index is 7180. The lowest BCUT2D eigenvalue weighted by Crippen LogP contribution is -2.41. The number of aldehydes is 1. The molecule has 27 nitrogen and oxygen atoms in total. The van der Waals surface area contributed by atoms with E-state index in [1.165, 1.54) is 5.56 Å². The topological polar surface area (TPSA) is 376 Å². The van der Waals surface area contributed by atoms with Crippen molar-refractivity contribution in [3.8, 4) is 76.1 Å². The van der Waals surface area contributed by atoms with E-state index >= 15 is 0 Å². The van der Waals surface area contributed by atoms with E-state index < -0.39 is 11.9 Å². The SMILES string of the molecule is Brc1csc(-c2ccccc2)n1.C1COCCN1.CC1(C)OB(c2ccc3c(c2)NC(=O)C3)OC1(C)C.Cc1[nH]c(/C=C2\C(=O)Nc3cc(-c4csc(-c5ccccc5)n4)ccc32)c(C)c1C(=O)N1CCOCC1.Cc1[nH]c(/C=C2\C(=O)Nc3cc(-c4csc(-c5ccccc5)n4)ccc32)c(C)c1C(=O)O.Cc1[nH]c(C=O)c(C)c1C(=O)O.O=C1Cc2ccc(-c3csc(-c4ccccc4)n3)cc2N1. The number of carbonyl (C=O) groups is 8. The molecule has 139 heavy (non-hydrogen) atoms. The first-order chi connectivity index (χ1) is 66.9. The van der Waals surface area contributed by atoms with Crippen LogP contribution in [0.1, 0.15) is 137 Å². The van der Waals surface area contributed by atoms with Crippen molar-refractivity contribution >= 4 is 168 Å². The van der Waals surface area contributed by atoms with E-state index in [4.69, 9.17) is 38.8 Å². The van der Waals surface area contributed by atoms with Gasteiger partial charge in [-0.25, -0.2) is 29.5 Å². The number of nitrogens with one attached hydrogen (secondary N) is 8. The van der Waals surface area contributed by atoms with Crippen molar-refractivity contribution in [1.82, 2.24) is 45.1 Å². The molecule has 10 N–H and O–H groups in total. The zero-order valence-corrected chi connectivity index (χ0v) is 82.6. The number of aromatic amines is 3. The number of aromatic nitrogens is 7. The maximum absolute atomic E-state index is 13.2. The highest BCUT2D eigenvalue weighted by Crippen LogP contribution is 2.43. The van der Waals surface area contributed by atoms with Crippen LogP contribution in [0.2, 0.25) is 0 Å². The number of H-pyrrole nitrogens is 3. The van der Waals surface area contributed by atoms with Crippen LogP contribution in [0.4, 0.5) is 22.7 Å². The Morgan fingerprint density at radius 1 is 0.432 bits per heavy atom. The molecule has 0 radical (unpaired) electrons. The first-order valence-corrected chi connectivity index (χ1v) is 49.2. The molecule has 22 rings (SSSR count). The summed E-state index contributed by atoms with van der Waals surface area (Å²) in [6.07, 6.45) is 5.11. The quantitative estimate of drug-likeness (QED) is 0.0275. The summed E-state index contributed by atoms with van der Waals surface area (Å²) >= 11 is 9.78. The molecule has 0 aliphatic carbocycles. The molecule has 33 heteroatoms. The highest BCUT2D eigenvalue weighted by atomic mass is 79.9. The van der Waals surface area contributed by atoms with E-state index in [1.54, 1.807) is 79.1 Å². The summed E-state index contributed by atoms with van der Waals surface area (Å²) in [7, 11) is -0.382.